The summed E-state index contributed by atoms with van der Waals surface area (Å²) in [6.45, 7) is 2.75. The van der Waals surface area contributed by atoms with E-state index in [2.05, 4.69) is 10.6 Å². The Morgan fingerprint density at radius 2 is 1.85 bits per heavy atom. The monoisotopic (exact) mass is 196 g/mol. The fraction of sp³-hybridized carbons (Fsp3) is 1.00. The third-order valence-electron chi connectivity index (χ3n) is 1.49. The lowest BCUT2D eigenvalue weighted by Crippen LogP contribution is -2.27. The SMILES string of the molecule is COCCNCCCNCC(F)F. The number of hydrogen-bond donors (Lipinski definition) is 2. The summed E-state index contributed by atoms with van der Waals surface area (Å²) in [5.41, 5.74) is 0. The van der Waals surface area contributed by atoms with Crippen LogP contribution in [0.1, 0.15) is 6.42 Å². The van der Waals surface area contributed by atoms with Crippen LogP contribution < -0.4 is 10.6 Å². The Kier molecular flexibility index (Phi) is 9.63. The minimum Gasteiger partial charge on any atom is -0.383 e. The van der Waals surface area contributed by atoms with Crippen LogP contribution in [0.2, 0.25) is 0 Å². The van der Waals surface area contributed by atoms with E-state index in [1.165, 1.54) is 0 Å². The molecule has 0 spiro atoms. The summed E-state index contributed by atoms with van der Waals surface area (Å²) in [5.74, 6) is 0. The molecule has 80 valence electrons. The number of methoxy groups -OCH3 is 1. The van der Waals surface area contributed by atoms with Crippen molar-refractivity contribution in [1.82, 2.24) is 10.6 Å². The summed E-state index contributed by atoms with van der Waals surface area (Å²) in [5, 5.41) is 5.78. The normalized spacial score (nSPS) is 11.1. The second-order valence-corrected chi connectivity index (χ2v) is 2.69. The topological polar surface area (TPSA) is 33.3 Å². The van der Waals surface area contributed by atoms with Crippen molar-refractivity contribution in [2.45, 2.75) is 12.8 Å². The van der Waals surface area contributed by atoms with Crippen LogP contribution in [-0.4, -0.2) is 46.3 Å². The Balaban J connectivity index is 2.84. The molecule has 0 bridgehead atoms. The van der Waals surface area contributed by atoms with Crippen molar-refractivity contribution in [3.8, 4) is 0 Å². The van der Waals surface area contributed by atoms with Crippen LogP contribution in [0.5, 0.6) is 0 Å². The summed E-state index contributed by atoms with van der Waals surface area (Å²) < 4.78 is 28.1. The molecule has 0 aromatic heterocycles. The molecule has 0 saturated heterocycles. The van der Waals surface area contributed by atoms with Gasteiger partial charge in [-0.3, -0.25) is 0 Å². The van der Waals surface area contributed by atoms with E-state index in [0.29, 0.717) is 13.2 Å². The fourth-order valence-corrected chi connectivity index (χ4v) is 0.849. The summed E-state index contributed by atoms with van der Waals surface area (Å²) in [7, 11) is 1.64. The van der Waals surface area contributed by atoms with Crippen LogP contribution in [0.4, 0.5) is 8.78 Å². The molecule has 0 atom stereocenters. The van der Waals surface area contributed by atoms with Crippen LogP contribution in [-0.2, 0) is 4.74 Å². The van der Waals surface area contributed by atoms with Gasteiger partial charge >= 0.3 is 0 Å². The van der Waals surface area contributed by atoms with Gasteiger partial charge in [-0.1, -0.05) is 0 Å². The number of halogens is 2. The average molecular weight is 196 g/mol. The summed E-state index contributed by atoms with van der Waals surface area (Å²) >= 11 is 0. The van der Waals surface area contributed by atoms with Crippen molar-refractivity contribution < 1.29 is 13.5 Å². The molecule has 0 saturated carbocycles. The van der Waals surface area contributed by atoms with Gasteiger partial charge in [-0.2, -0.15) is 0 Å². The van der Waals surface area contributed by atoms with Gasteiger partial charge in [-0.25, -0.2) is 8.78 Å². The van der Waals surface area contributed by atoms with E-state index in [4.69, 9.17) is 4.74 Å². The van der Waals surface area contributed by atoms with Crippen LogP contribution in [0.25, 0.3) is 0 Å². The quantitative estimate of drug-likeness (QED) is 0.526. The van der Waals surface area contributed by atoms with E-state index in [0.717, 1.165) is 19.5 Å². The first-order valence-electron chi connectivity index (χ1n) is 4.46. The van der Waals surface area contributed by atoms with Gasteiger partial charge in [0.15, 0.2) is 0 Å². The minimum absolute atomic E-state index is 0.210. The second kappa shape index (κ2) is 9.83. The van der Waals surface area contributed by atoms with Crippen LogP contribution in [0.3, 0.4) is 0 Å². The molecular formula is C8H18F2N2O. The number of hydrogen-bond acceptors (Lipinski definition) is 3. The molecule has 0 rings (SSSR count). The van der Waals surface area contributed by atoms with E-state index >= 15 is 0 Å². The van der Waals surface area contributed by atoms with Crippen LogP contribution in [0, 0.1) is 0 Å². The first-order chi connectivity index (χ1) is 6.27. The van der Waals surface area contributed by atoms with Gasteiger partial charge in [0.05, 0.1) is 13.2 Å². The van der Waals surface area contributed by atoms with Crippen molar-refractivity contribution in [2.24, 2.45) is 0 Å². The number of nitrogens with one attached hydrogen (secondary N) is 2. The molecule has 0 aromatic carbocycles. The van der Waals surface area contributed by atoms with Gasteiger partial charge in [0, 0.05) is 13.7 Å². The number of rotatable bonds is 9. The number of ether oxygens (including phenoxy) is 1. The molecule has 0 aliphatic heterocycles. The van der Waals surface area contributed by atoms with Crippen LogP contribution in [0.15, 0.2) is 0 Å². The zero-order valence-corrected chi connectivity index (χ0v) is 7.98. The maximum Gasteiger partial charge on any atom is 0.250 e. The molecule has 2 N–H and O–H groups in total. The molecule has 5 heteroatoms. The maximum absolute atomic E-state index is 11.6. The van der Waals surface area contributed by atoms with E-state index in [9.17, 15) is 8.78 Å². The summed E-state index contributed by atoms with van der Waals surface area (Å²) in [4.78, 5) is 0. The largest absolute Gasteiger partial charge is 0.383 e. The van der Waals surface area contributed by atoms with E-state index < -0.39 is 6.43 Å². The third-order valence-corrected chi connectivity index (χ3v) is 1.49. The van der Waals surface area contributed by atoms with Gasteiger partial charge < -0.3 is 15.4 Å². The molecule has 0 heterocycles. The molecule has 0 amide bonds. The van der Waals surface area contributed by atoms with Gasteiger partial charge in [0.2, 0.25) is 0 Å². The van der Waals surface area contributed by atoms with Gasteiger partial charge in [-0.05, 0) is 19.5 Å². The number of alkyl halides is 2. The molecular weight excluding hydrogens is 178 g/mol. The Morgan fingerprint density at radius 1 is 1.15 bits per heavy atom. The Labute approximate surface area is 77.8 Å². The predicted octanol–water partition coefficient (Wildman–Crippen LogP) is 0.467. The van der Waals surface area contributed by atoms with Crippen molar-refractivity contribution in [2.75, 3.05) is 39.9 Å². The third kappa shape index (κ3) is 11.7. The molecule has 13 heavy (non-hydrogen) atoms. The van der Waals surface area contributed by atoms with Crippen molar-refractivity contribution in [1.29, 1.82) is 0 Å². The Hall–Kier alpha value is -0.260. The lowest BCUT2D eigenvalue weighted by Gasteiger charge is -2.05. The van der Waals surface area contributed by atoms with E-state index in [-0.39, 0.29) is 6.54 Å². The Morgan fingerprint density at radius 3 is 2.46 bits per heavy atom. The zero-order chi connectivity index (χ0) is 9.94. The maximum atomic E-state index is 11.6. The first-order valence-corrected chi connectivity index (χ1v) is 4.46. The molecule has 0 radical (unpaired) electrons. The molecule has 0 fully saturated rings. The average Bonchev–Trinajstić information content (AvgIpc) is 2.09. The second-order valence-electron chi connectivity index (χ2n) is 2.69. The fourth-order valence-electron chi connectivity index (χ4n) is 0.849. The highest BCUT2D eigenvalue weighted by Crippen LogP contribution is 1.87. The first kappa shape index (κ1) is 12.7. The molecule has 0 aliphatic carbocycles. The summed E-state index contributed by atoms with van der Waals surface area (Å²) in [6, 6.07) is 0. The molecule has 3 nitrogen and oxygen atoms in total. The standard InChI is InChI=1S/C8H18F2N2O/c1-13-6-5-11-3-2-4-12-7-8(9)10/h8,11-12H,2-7H2,1H3. The highest BCUT2D eigenvalue weighted by molar-refractivity contribution is 4.52. The van der Waals surface area contributed by atoms with E-state index in [1.54, 1.807) is 7.11 Å². The van der Waals surface area contributed by atoms with Crippen molar-refractivity contribution >= 4 is 0 Å². The zero-order valence-electron chi connectivity index (χ0n) is 7.98. The smallest absolute Gasteiger partial charge is 0.250 e. The Bertz CT molecular complexity index is 104. The molecule has 0 aromatic rings. The van der Waals surface area contributed by atoms with E-state index in [1.807, 2.05) is 0 Å². The van der Waals surface area contributed by atoms with Gasteiger partial charge in [0.25, 0.3) is 6.43 Å². The van der Waals surface area contributed by atoms with Gasteiger partial charge in [0.1, 0.15) is 0 Å². The lowest BCUT2D eigenvalue weighted by molar-refractivity contribution is 0.146. The van der Waals surface area contributed by atoms with Crippen molar-refractivity contribution in [3.63, 3.8) is 0 Å². The predicted molar refractivity (Wildman–Crippen MR) is 48.2 cm³/mol. The highest BCUT2D eigenvalue weighted by atomic mass is 19.3. The molecule has 0 unspecified atom stereocenters. The summed E-state index contributed by atoms with van der Waals surface area (Å²) in [6.07, 6.45) is -1.39. The minimum atomic E-state index is -2.25. The lowest BCUT2D eigenvalue weighted by atomic mass is 10.4. The van der Waals surface area contributed by atoms with Crippen LogP contribution >= 0.6 is 0 Å². The highest BCUT2D eigenvalue weighted by Gasteiger charge is 1.98. The van der Waals surface area contributed by atoms with Gasteiger partial charge in [-0.15, -0.1) is 0 Å². The van der Waals surface area contributed by atoms with Crippen molar-refractivity contribution in [3.05, 3.63) is 0 Å². The molecule has 0 aliphatic rings.